The van der Waals surface area contributed by atoms with E-state index < -0.39 is 11.1 Å². The van der Waals surface area contributed by atoms with E-state index in [1.165, 1.54) is 10.9 Å². The van der Waals surface area contributed by atoms with Crippen LogP contribution in [0.2, 0.25) is 0 Å². The quantitative estimate of drug-likeness (QED) is 0.466. The number of rotatable bonds is 5. The lowest BCUT2D eigenvalue weighted by Gasteiger charge is -2.03. The van der Waals surface area contributed by atoms with Crippen molar-refractivity contribution in [3.05, 3.63) is 27.0 Å². The molecule has 1 aromatic rings. The molecule has 0 atom stereocenters. The van der Waals surface area contributed by atoms with E-state index in [1.807, 2.05) is 6.92 Å². The Balaban J connectivity index is 2.55. The molecule has 0 unspecified atom stereocenters. The lowest BCUT2D eigenvalue weighted by molar-refractivity contribution is 0.562. The first-order valence-corrected chi connectivity index (χ1v) is 4.60. The molecule has 1 heterocycles. The Morgan fingerprint density at radius 3 is 3.07 bits per heavy atom. The summed E-state index contributed by atoms with van der Waals surface area (Å²) in [6.45, 7) is 4.27. The number of H-pyrrole nitrogens is 1. The molecule has 14 heavy (non-hydrogen) atoms. The van der Waals surface area contributed by atoms with Crippen LogP contribution in [0.3, 0.4) is 0 Å². The zero-order valence-electron chi connectivity index (χ0n) is 8.12. The van der Waals surface area contributed by atoms with E-state index in [9.17, 15) is 9.59 Å². The van der Waals surface area contributed by atoms with Crippen LogP contribution >= 0.6 is 0 Å². The van der Waals surface area contributed by atoms with Crippen molar-refractivity contribution in [2.75, 3.05) is 13.1 Å². The molecule has 6 nitrogen and oxygen atoms in total. The van der Waals surface area contributed by atoms with Crippen molar-refractivity contribution in [3.63, 3.8) is 0 Å². The number of hydrogen-bond donors (Lipinski definition) is 2. The molecule has 78 valence electrons. The smallest absolute Gasteiger partial charge is 0.317 e. The SMILES string of the molecule is CCNCCCn1cn[nH]c(=O)c1=O. The van der Waals surface area contributed by atoms with E-state index in [4.69, 9.17) is 0 Å². The largest absolute Gasteiger partial charge is 0.330 e. The Labute approximate surface area is 81.0 Å². The fourth-order valence-electron chi connectivity index (χ4n) is 1.10. The minimum atomic E-state index is -0.670. The first kappa shape index (κ1) is 10.6. The van der Waals surface area contributed by atoms with Gasteiger partial charge in [-0.05, 0) is 19.5 Å². The van der Waals surface area contributed by atoms with Gasteiger partial charge in [-0.15, -0.1) is 0 Å². The molecule has 1 rings (SSSR count). The highest BCUT2D eigenvalue weighted by Gasteiger charge is 1.98. The molecule has 0 bridgehead atoms. The van der Waals surface area contributed by atoms with Gasteiger partial charge in [0.05, 0.1) is 0 Å². The van der Waals surface area contributed by atoms with Crippen LogP contribution in [0, 0.1) is 0 Å². The molecule has 0 aliphatic carbocycles. The third-order valence-corrected chi connectivity index (χ3v) is 1.82. The lowest BCUT2D eigenvalue weighted by atomic mass is 10.4. The van der Waals surface area contributed by atoms with Gasteiger partial charge in [0.2, 0.25) is 0 Å². The Kier molecular flexibility index (Phi) is 4.06. The number of aromatic nitrogens is 3. The molecule has 0 amide bonds. The lowest BCUT2D eigenvalue weighted by Crippen LogP contribution is -2.37. The molecule has 6 heteroatoms. The first-order chi connectivity index (χ1) is 6.75. The third-order valence-electron chi connectivity index (χ3n) is 1.82. The van der Waals surface area contributed by atoms with Crippen molar-refractivity contribution in [3.8, 4) is 0 Å². The highest BCUT2D eigenvalue weighted by Crippen LogP contribution is 1.81. The molecule has 0 aliphatic heterocycles. The minimum Gasteiger partial charge on any atom is -0.317 e. The number of nitrogens with one attached hydrogen (secondary N) is 2. The van der Waals surface area contributed by atoms with Crippen LogP contribution in [0.4, 0.5) is 0 Å². The summed E-state index contributed by atoms with van der Waals surface area (Å²) in [6, 6.07) is 0. The number of hydrogen-bond acceptors (Lipinski definition) is 4. The second-order valence-corrected chi connectivity index (χ2v) is 2.89. The zero-order valence-corrected chi connectivity index (χ0v) is 8.12. The van der Waals surface area contributed by atoms with Gasteiger partial charge in [0.1, 0.15) is 6.33 Å². The predicted octanol–water partition coefficient (Wildman–Crippen LogP) is -1.07. The van der Waals surface area contributed by atoms with Gasteiger partial charge in [0.25, 0.3) is 0 Å². The van der Waals surface area contributed by atoms with Crippen molar-refractivity contribution >= 4 is 0 Å². The third kappa shape index (κ3) is 2.81. The molecular formula is C8H14N4O2. The van der Waals surface area contributed by atoms with Gasteiger partial charge in [-0.2, -0.15) is 5.10 Å². The van der Waals surface area contributed by atoms with Crippen LogP contribution < -0.4 is 16.4 Å². The Hall–Kier alpha value is -1.43. The molecule has 0 aromatic carbocycles. The van der Waals surface area contributed by atoms with Gasteiger partial charge in [-0.3, -0.25) is 14.2 Å². The second kappa shape index (κ2) is 5.33. The van der Waals surface area contributed by atoms with Crippen molar-refractivity contribution in [1.29, 1.82) is 0 Å². The standard InChI is InChI=1S/C8H14N4O2/c1-2-9-4-3-5-12-6-10-11-7(13)8(12)14/h6,9H,2-5H2,1H3,(H,11,13). The van der Waals surface area contributed by atoms with Crippen LogP contribution in [0.1, 0.15) is 13.3 Å². The number of aryl methyl sites for hydroxylation is 1. The highest BCUT2D eigenvalue weighted by molar-refractivity contribution is 4.74. The maximum absolute atomic E-state index is 11.2. The van der Waals surface area contributed by atoms with Gasteiger partial charge in [0.15, 0.2) is 0 Å². The maximum Gasteiger partial charge on any atom is 0.330 e. The Morgan fingerprint density at radius 2 is 2.36 bits per heavy atom. The molecule has 0 saturated heterocycles. The summed E-state index contributed by atoms with van der Waals surface area (Å²) in [5, 5.41) is 8.77. The summed E-state index contributed by atoms with van der Waals surface area (Å²) in [5.41, 5.74) is -1.22. The van der Waals surface area contributed by atoms with Gasteiger partial charge in [-0.1, -0.05) is 6.92 Å². The summed E-state index contributed by atoms with van der Waals surface area (Å²) in [5.74, 6) is 0. The molecule has 0 radical (unpaired) electrons. The fourth-order valence-corrected chi connectivity index (χ4v) is 1.10. The normalized spacial score (nSPS) is 10.4. The van der Waals surface area contributed by atoms with Gasteiger partial charge >= 0.3 is 11.1 Å². The number of nitrogens with zero attached hydrogens (tertiary/aromatic N) is 2. The van der Waals surface area contributed by atoms with E-state index in [0.29, 0.717) is 6.54 Å². The van der Waals surface area contributed by atoms with Gasteiger partial charge in [-0.25, -0.2) is 5.10 Å². The summed E-state index contributed by atoms with van der Waals surface area (Å²) in [7, 11) is 0. The van der Waals surface area contributed by atoms with Gasteiger partial charge < -0.3 is 5.32 Å². The van der Waals surface area contributed by atoms with Crippen LogP contribution in [-0.2, 0) is 6.54 Å². The number of aromatic amines is 1. The molecular weight excluding hydrogens is 184 g/mol. The van der Waals surface area contributed by atoms with Crippen LogP contribution in [0.15, 0.2) is 15.9 Å². The first-order valence-electron chi connectivity index (χ1n) is 4.60. The van der Waals surface area contributed by atoms with Crippen molar-refractivity contribution in [2.24, 2.45) is 0 Å². The Bertz CT molecular complexity index is 381. The van der Waals surface area contributed by atoms with E-state index in [0.717, 1.165) is 19.5 Å². The average molecular weight is 198 g/mol. The highest BCUT2D eigenvalue weighted by atomic mass is 16.2. The van der Waals surface area contributed by atoms with Crippen LogP contribution in [-0.4, -0.2) is 27.9 Å². The molecule has 0 aliphatic rings. The Morgan fingerprint density at radius 1 is 1.57 bits per heavy atom. The van der Waals surface area contributed by atoms with E-state index in [1.54, 1.807) is 0 Å². The van der Waals surface area contributed by atoms with E-state index in [-0.39, 0.29) is 0 Å². The van der Waals surface area contributed by atoms with Crippen molar-refractivity contribution < 1.29 is 0 Å². The summed E-state index contributed by atoms with van der Waals surface area (Å²) < 4.78 is 1.32. The minimum absolute atomic E-state index is 0.517. The molecule has 0 fully saturated rings. The zero-order chi connectivity index (χ0) is 10.4. The van der Waals surface area contributed by atoms with Crippen molar-refractivity contribution in [1.82, 2.24) is 20.1 Å². The molecule has 2 N–H and O–H groups in total. The van der Waals surface area contributed by atoms with E-state index in [2.05, 4.69) is 15.5 Å². The average Bonchev–Trinajstić information content (AvgIpc) is 2.19. The maximum atomic E-state index is 11.2. The summed E-state index contributed by atoms with van der Waals surface area (Å²) >= 11 is 0. The van der Waals surface area contributed by atoms with Crippen LogP contribution in [0.5, 0.6) is 0 Å². The van der Waals surface area contributed by atoms with Gasteiger partial charge in [0, 0.05) is 6.54 Å². The second-order valence-electron chi connectivity index (χ2n) is 2.89. The molecule has 1 aromatic heterocycles. The monoisotopic (exact) mass is 198 g/mol. The fraction of sp³-hybridized carbons (Fsp3) is 0.625. The predicted molar refractivity (Wildman–Crippen MR) is 52.3 cm³/mol. The van der Waals surface area contributed by atoms with Crippen LogP contribution in [0.25, 0.3) is 0 Å². The molecule has 0 saturated carbocycles. The van der Waals surface area contributed by atoms with E-state index >= 15 is 0 Å². The summed E-state index contributed by atoms with van der Waals surface area (Å²) in [4.78, 5) is 22.1. The topological polar surface area (TPSA) is 79.8 Å². The van der Waals surface area contributed by atoms with Crippen molar-refractivity contribution in [2.45, 2.75) is 19.9 Å². The molecule has 0 spiro atoms. The summed E-state index contributed by atoms with van der Waals surface area (Å²) in [6.07, 6.45) is 2.15.